The van der Waals surface area contributed by atoms with Gasteiger partial charge >= 0.3 is 8.80 Å². The molecule has 0 saturated carbocycles. The summed E-state index contributed by atoms with van der Waals surface area (Å²) in [6.07, 6.45) is 0. The molecule has 0 atom stereocenters. The van der Waals surface area contributed by atoms with Gasteiger partial charge in [-0.05, 0) is 0 Å². The summed E-state index contributed by atoms with van der Waals surface area (Å²) in [5.74, 6) is 4.53. The van der Waals surface area contributed by atoms with Crippen LogP contribution < -0.4 is 11.3 Å². The molecule has 0 radical (unpaired) electrons. The molecule has 0 bridgehead atoms. The minimum absolute atomic E-state index is 0.0208. The predicted octanol–water partition coefficient (Wildman–Crippen LogP) is -1.15. The van der Waals surface area contributed by atoms with Crippen LogP contribution in [0.3, 0.4) is 0 Å². The van der Waals surface area contributed by atoms with Gasteiger partial charge in [0.1, 0.15) is 0 Å². The summed E-state index contributed by atoms with van der Waals surface area (Å²) in [5.41, 5.74) is 1.98. The number of nitrogens with two attached hydrogens (primary N) is 1. The second-order valence-corrected chi connectivity index (χ2v) is 4.98. The van der Waals surface area contributed by atoms with Crippen molar-refractivity contribution in [2.24, 2.45) is 5.84 Å². The number of hydrogen-bond acceptors (Lipinski definition) is 5. The van der Waals surface area contributed by atoms with Crippen LogP contribution in [0.4, 0.5) is 0 Å². The maximum Gasteiger partial charge on any atom is 0.509 e. The molecule has 0 spiro atoms. The van der Waals surface area contributed by atoms with Gasteiger partial charge in [0.25, 0.3) is 0 Å². The Morgan fingerprint density at radius 1 is 1.33 bits per heavy atom. The Morgan fingerprint density at radius 2 is 1.75 bits per heavy atom. The first-order chi connectivity index (χ1) is 5.64. The predicted molar refractivity (Wildman–Crippen MR) is 43.9 cm³/mol. The molecule has 6 nitrogen and oxygen atoms in total. The van der Waals surface area contributed by atoms with E-state index in [-0.39, 0.29) is 12.0 Å². The van der Waals surface area contributed by atoms with E-state index in [1.165, 1.54) is 21.3 Å². The summed E-state index contributed by atoms with van der Waals surface area (Å²) in [6.45, 7) is 0. The standard InChI is InChI=1S/C5H14N2O4Si/c1-9-12(10-2,11-3)4-5(8)7-6/h4,6H2,1-3H3,(H,7,8). The maximum absolute atomic E-state index is 10.9. The molecule has 0 unspecified atom stereocenters. The lowest BCUT2D eigenvalue weighted by Gasteiger charge is -2.22. The minimum atomic E-state index is -2.79. The number of amides is 1. The van der Waals surface area contributed by atoms with Crippen molar-refractivity contribution in [3.63, 3.8) is 0 Å². The van der Waals surface area contributed by atoms with Crippen LogP contribution in [-0.2, 0) is 18.1 Å². The zero-order chi connectivity index (χ0) is 9.61. The van der Waals surface area contributed by atoms with E-state index in [4.69, 9.17) is 19.1 Å². The number of hydrogen-bond donors (Lipinski definition) is 2. The lowest BCUT2D eigenvalue weighted by atomic mass is 10.7. The molecule has 72 valence electrons. The van der Waals surface area contributed by atoms with Gasteiger partial charge < -0.3 is 13.3 Å². The maximum atomic E-state index is 10.9. The molecule has 0 aliphatic carbocycles. The lowest BCUT2D eigenvalue weighted by Crippen LogP contribution is -2.48. The van der Waals surface area contributed by atoms with Gasteiger partial charge in [-0.25, -0.2) is 5.84 Å². The Hall–Kier alpha value is -0.473. The van der Waals surface area contributed by atoms with Crippen molar-refractivity contribution < 1.29 is 18.1 Å². The Morgan fingerprint density at radius 3 is 2.00 bits per heavy atom. The van der Waals surface area contributed by atoms with Crippen molar-refractivity contribution in [1.29, 1.82) is 0 Å². The number of carbonyl (C=O) groups is 1. The van der Waals surface area contributed by atoms with E-state index in [0.29, 0.717) is 0 Å². The van der Waals surface area contributed by atoms with Gasteiger partial charge in [0.05, 0.1) is 6.04 Å². The number of hydrazine groups is 1. The topological polar surface area (TPSA) is 82.8 Å². The monoisotopic (exact) mass is 194 g/mol. The van der Waals surface area contributed by atoms with Crippen molar-refractivity contribution in [3.05, 3.63) is 0 Å². The van der Waals surface area contributed by atoms with Gasteiger partial charge in [-0.1, -0.05) is 0 Å². The molecule has 3 N–H and O–H groups in total. The highest BCUT2D eigenvalue weighted by Gasteiger charge is 2.40. The average molecular weight is 194 g/mol. The lowest BCUT2D eigenvalue weighted by molar-refractivity contribution is -0.119. The first-order valence-electron chi connectivity index (χ1n) is 3.29. The van der Waals surface area contributed by atoms with Crippen molar-refractivity contribution >= 4 is 14.7 Å². The summed E-state index contributed by atoms with van der Waals surface area (Å²) < 4.78 is 15.0. The van der Waals surface area contributed by atoms with Crippen LogP contribution in [0.5, 0.6) is 0 Å². The summed E-state index contributed by atoms with van der Waals surface area (Å²) >= 11 is 0. The normalized spacial score (nSPS) is 11.3. The molecule has 12 heavy (non-hydrogen) atoms. The summed E-state index contributed by atoms with van der Waals surface area (Å²) in [4.78, 5) is 10.9. The molecule has 0 heterocycles. The highest BCUT2D eigenvalue weighted by Crippen LogP contribution is 2.11. The minimum Gasteiger partial charge on any atom is -0.377 e. The largest absolute Gasteiger partial charge is 0.509 e. The Balaban J connectivity index is 4.19. The van der Waals surface area contributed by atoms with E-state index in [0.717, 1.165) is 0 Å². The Bertz CT molecular complexity index is 142. The van der Waals surface area contributed by atoms with Gasteiger partial charge in [0, 0.05) is 21.3 Å². The van der Waals surface area contributed by atoms with Gasteiger partial charge in [-0.3, -0.25) is 10.2 Å². The average Bonchev–Trinajstić information content (AvgIpc) is 2.14. The van der Waals surface area contributed by atoms with E-state index in [1.807, 2.05) is 5.43 Å². The molecule has 0 aromatic carbocycles. The molecule has 0 aromatic heterocycles. The van der Waals surface area contributed by atoms with Crippen molar-refractivity contribution in [2.75, 3.05) is 21.3 Å². The third-order valence-corrected chi connectivity index (χ3v) is 4.09. The molecule has 0 saturated heterocycles. The van der Waals surface area contributed by atoms with Crippen molar-refractivity contribution in [2.45, 2.75) is 6.04 Å². The second kappa shape index (κ2) is 5.22. The quantitative estimate of drug-likeness (QED) is 0.250. The molecular formula is C5H14N2O4Si. The Kier molecular flexibility index (Phi) is 5.02. The van der Waals surface area contributed by atoms with E-state index < -0.39 is 8.80 Å². The van der Waals surface area contributed by atoms with Crippen LogP contribution in [0.25, 0.3) is 0 Å². The fourth-order valence-electron chi connectivity index (χ4n) is 0.714. The van der Waals surface area contributed by atoms with E-state index in [1.54, 1.807) is 0 Å². The zero-order valence-electron chi connectivity index (χ0n) is 7.42. The Labute approximate surface area is 72.3 Å². The molecule has 1 amide bonds. The summed E-state index contributed by atoms with van der Waals surface area (Å²) in [7, 11) is 1.51. The van der Waals surface area contributed by atoms with Crippen molar-refractivity contribution in [3.8, 4) is 0 Å². The molecule has 0 aliphatic heterocycles. The highest BCUT2D eigenvalue weighted by atomic mass is 28.4. The third-order valence-electron chi connectivity index (χ3n) is 1.47. The smallest absolute Gasteiger partial charge is 0.377 e. The molecular weight excluding hydrogens is 180 g/mol. The third kappa shape index (κ3) is 2.87. The molecule has 0 aliphatic rings. The fourth-order valence-corrected chi connectivity index (χ4v) is 2.14. The highest BCUT2D eigenvalue weighted by molar-refractivity contribution is 6.64. The second-order valence-electron chi connectivity index (χ2n) is 2.04. The van der Waals surface area contributed by atoms with Crippen LogP contribution in [0.15, 0.2) is 0 Å². The molecule has 0 aromatic rings. The number of carbonyl (C=O) groups excluding carboxylic acids is 1. The van der Waals surface area contributed by atoms with Crippen LogP contribution in [0, 0.1) is 0 Å². The van der Waals surface area contributed by atoms with Crippen molar-refractivity contribution in [1.82, 2.24) is 5.43 Å². The van der Waals surface area contributed by atoms with Crippen LogP contribution in [0.1, 0.15) is 0 Å². The van der Waals surface area contributed by atoms with E-state index in [2.05, 4.69) is 0 Å². The van der Waals surface area contributed by atoms with Crippen LogP contribution in [-0.4, -0.2) is 36.0 Å². The first-order valence-corrected chi connectivity index (χ1v) is 5.22. The van der Waals surface area contributed by atoms with Gasteiger partial charge in [-0.2, -0.15) is 0 Å². The fraction of sp³-hybridized carbons (Fsp3) is 0.800. The summed E-state index contributed by atoms with van der Waals surface area (Å²) in [5, 5.41) is 0. The molecule has 0 rings (SSSR count). The molecule has 0 fully saturated rings. The van der Waals surface area contributed by atoms with E-state index >= 15 is 0 Å². The SMILES string of the molecule is CO[Si](CC(=O)NN)(OC)OC. The number of rotatable bonds is 5. The summed E-state index contributed by atoms with van der Waals surface area (Å²) in [6, 6.07) is 0.0208. The van der Waals surface area contributed by atoms with E-state index in [9.17, 15) is 4.79 Å². The van der Waals surface area contributed by atoms with Gasteiger partial charge in [0.15, 0.2) is 0 Å². The first kappa shape index (κ1) is 11.5. The zero-order valence-corrected chi connectivity index (χ0v) is 8.42. The van der Waals surface area contributed by atoms with Gasteiger partial charge in [0.2, 0.25) is 5.91 Å². The van der Waals surface area contributed by atoms with Crippen LogP contribution >= 0.6 is 0 Å². The van der Waals surface area contributed by atoms with Crippen LogP contribution in [0.2, 0.25) is 6.04 Å². The number of nitrogens with one attached hydrogen (secondary N) is 1. The molecule has 7 heteroatoms. The van der Waals surface area contributed by atoms with Gasteiger partial charge in [-0.15, -0.1) is 0 Å².